The minimum atomic E-state index is 0.0879. The number of rotatable bonds is 6. The minimum absolute atomic E-state index is 0.0879. The van der Waals surface area contributed by atoms with Crippen molar-refractivity contribution in [1.82, 2.24) is 0 Å². The summed E-state index contributed by atoms with van der Waals surface area (Å²) in [5.74, 6) is 2.29. The minimum Gasteiger partial charge on any atom is -0.486 e. The average molecular weight is 270 g/mol. The van der Waals surface area contributed by atoms with Gasteiger partial charge in [0.15, 0.2) is 5.78 Å². The highest BCUT2D eigenvalue weighted by atomic mass is 16.5. The van der Waals surface area contributed by atoms with Gasteiger partial charge in [0.25, 0.3) is 0 Å². The molecule has 0 saturated carbocycles. The maximum Gasteiger partial charge on any atom is 0.169 e. The van der Waals surface area contributed by atoms with Crippen molar-refractivity contribution < 1.29 is 14.3 Å². The number of hydrogen-bond acceptors (Lipinski definition) is 3. The Kier molecular flexibility index (Phi) is 4.77. The van der Waals surface area contributed by atoms with E-state index >= 15 is 0 Å². The first-order valence-electron chi connectivity index (χ1n) is 6.66. The second kappa shape index (κ2) is 6.75. The highest BCUT2D eigenvalue weighted by Gasteiger charge is 2.01. The van der Waals surface area contributed by atoms with Crippen molar-refractivity contribution in [2.75, 3.05) is 6.61 Å². The summed E-state index contributed by atoms with van der Waals surface area (Å²) < 4.78 is 11.1. The fraction of sp³-hybridized carbons (Fsp3) is 0.235. The summed E-state index contributed by atoms with van der Waals surface area (Å²) >= 11 is 0. The van der Waals surface area contributed by atoms with E-state index in [0.717, 1.165) is 11.5 Å². The molecule has 3 nitrogen and oxygen atoms in total. The van der Waals surface area contributed by atoms with Crippen LogP contribution in [0.15, 0.2) is 48.5 Å². The van der Waals surface area contributed by atoms with Gasteiger partial charge in [-0.1, -0.05) is 24.6 Å². The largest absolute Gasteiger partial charge is 0.486 e. The van der Waals surface area contributed by atoms with Gasteiger partial charge in [-0.15, -0.1) is 0 Å². The Morgan fingerprint density at radius 1 is 0.900 bits per heavy atom. The Hall–Kier alpha value is -2.29. The molecule has 3 heteroatoms. The van der Waals surface area contributed by atoms with Gasteiger partial charge >= 0.3 is 0 Å². The molecule has 0 unspecified atom stereocenters. The average Bonchev–Trinajstić information content (AvgIpc) is 2.48. The van der Waals surface area contributed by atoms with Gasteiger partial charge in [0.1, 0.15) is 23.9 Å². The van der Waals surface area contributed by atoms with Crippen LogP contribution in [0.25, 0.3) is 0 Å². The molecule has 0 heterocycles. The van der Waals surface area contributed by atoms with Crippen LogP contribution in [0, 0.1) is 6.92 Å². The molecule has 0 aliphatic carbocycles. The molecule has 2 rings (SSSR count). The lowest BCUT2D eigenvalue weighted by Gasteiger charge is -2.08. The van der Waals surface area contributed by atoms with E-state index in [4.69, 9.17) is 9.47 Å². The first-order chi connectivity index (χ1) is 9.67. The SMILES string of the molecule is CCC(=O)COc1ccc(Oc2ccc(C)cc2)cc1. The van der Waals surface area contributed by atoms with Gasteiger partial charge in [0, 0.05) is 6.42 Å². The normalized spacial score (nSPS) is 10.1. The fourth-order valence-electron chi connectivity index (χ4n) is 1.61. The number of aryl methyl sites for hydroxylation is 1. The zero-order valence-corrected chi connectivity index (χ0v) is 11.8. The molecule has 0 saturated heterocycles. The standard InChI is InChI=1S/C17H18O3/c1-3-14(18)12-19-15-8-10-17(11-9-15)20-16-6-4-13(2)5-7-16/h4-11H,3,12H2,1-2H3. The molecule has 0 amide bonds. The lowest BCUT2D eigenvalue weighted by Crippen LogP contribution is -2.09. The van der Waals surface area contributed by atoms with Crippen LogP contribution in [0.2, 0.25) is 0 Å². The third-order valence-electron chi connectivity index (χ3n) is 2.87. The first kappa shape index (κ1) is 14.1. The van der Waals surface area contributed by atoms with Crippen molar-refractivity contribution in [1.29, 1.82) is 0 Å². The van der Waals surface area contributed by atoms with Crippen molar-refractivity contribution in [3.63, 3.8) is 0 Å². The predicted molar refractivity (Wildman–Crippen MR) is 78.5 cm³/mol. The smallest absolute Gasteiger partial charge is 0.169 e. The third-order valence-corrected chi connectivity index (χ3v) is 2.87. The maximum absolute atomic E-state index is 11.2. The van der Waals surface area contributed by atoms with Gasteiger partial charge in [-0.2, -0.15) is 0 Å². The number of ether oxygens (including phenoxy) is 2. The summed E-state index contributed by atoms with van der Waals surface area (Å²) in [6, 6.07) is 15.1. The van der Waals surface area contributed by atoms with Crippen LogP contribution in [0.1, 0.15) is 18.9 Å². The van der Waals surface area contributed by atoms with E-state index in [1.54, 1.807) is 12.1 Å². The van der Waals surface area contributed by atoms with E-state index in [9.17, 15) is 4.79 Å². The summed E-state index contributed by atoms with van der Waals surface area (Å²) in [5.41, 5.74) is 1.20. The molecule has 0 radical (unpaired) electrons. The Morgan fingerprint density at radius 3 is 1.95 bits per heavy atom. The Balaban J connectivity index is 1.94. The molecule has 0 bridgehead atoms. The summed E-state index contributed by atoms with van der Waals surface area (Å²) in [7, 11) is 0. The Labute approximate surface area is 119 Å². The molecular weight excluding hydrogens is 252 g/mol. The van der Waals surface area contributed by atoms with Crippen molar-refractivity contribution in [2.45, 2.75) is 20.3 Å². The molecule has 2 aromatic rings. The molecule has 0 aliphatic heterocycles. The van der Waals surface area contributed by atoms with Gasteiger partial charge in [0.05, 0.1) is 0 Å². The summed E-state index contributed by atoms with van der Waals surface area (Å²) in [4.78, 5) is 11.2. The van der Waals surface area contributed by atoms with Gasteiger partial charge in [-0.05, 0) is 43.3 Å². The maximum atomic E-state index is 11.2. The highest BCUT2D eigenvalue weighted by Crippen LogP contribution is 2.24. The molecule has 20 heavy (non-hydrogen) atoms. The molecule has 0 aliphatic rings. The van der Waals surface area contributed by atoms with E-state index < -0.39 is 0 Å². The summed E-state index contributed by atoms with van der Waals surface area (Å²) in [5, 5.41) is 0. The zero-order chi connectivity index (χ0) is 14.4. The first-order valence-corrected chi connectivity index (χ1v) is 6.66. The van der Waals surface area contributed by atoms with Crippen LogP contribution in [-0.4, -0.2) is 12.4 Å². The van der Waals surface area contributed by atoms with Gasteiger partial charge in [-0.3, -0.25) is 4.79 Å². The van der Waals surface area contributed by atoms with E-state index in [0.29, 0.717) is 12.2 Å². The van der Waals surface area contributed by atoms with Crippen LogP contribution < -0.4 is 9.47 Å². The molecule has 0 fully saturated rings. The third kappa shape index (κ3) is 4.12. The van der Waals surface area contributed by atoms with E-state index in [1.807, 2.05) is 50.2 Å². The van der Waals surface area contributed by atoms with Crippen molar-refractivity contribution in [3.05, 3.63) is 54.1 Å². The topological polar surface area (TPSA) is 35.5 Å². The van der Waals surface area contributed by atoms with E-state index in [2.05, 4.69) is 0 Å². The van der Waals surface area contributed by atoms with Gasteiger partial charge in [-0.25, -0.2) is 0 Å². The number of carbonyl (C=O) groups excluding carboxylic acids is 1. The summed E-state index contributed by atoms with van der Waals surface area (Å²) in [6.45, 7) is 3.98. The van der Waals surface area contributed by atoms with E-state index in [1.165, 1.54) is 5.56 Å². The number of carbonyl (C=O) groups is 1. The summed E-state index contributed by atoms with van der Waals surface area (Å²) in [6.07, 6.45) is 0.495. The van der Waals surface area contributed by atoms with Crippen LogP contribution in [-0.2, 0) is 4.79 Å². The Bertz CT molecular complexity index is 556. The quantitative estimate of drug-likeness (QED) is 0.791. The van der Waals surface area contributed by atoms with Crippen molar-refractivity contribution >= 4 is 5.78 Å². The molecular formula is C17H18O3. The van der Waals surface area contributed by atoms with Crippen molar-refractivity contribution in [3.8, 4) is 17.2 Å². The molecule has 2 aromatic carbocycles. The van der Waals surface area contributed by atoms with Crippen LogP contribution >= 0.6 is 0 Å². The number of benzene rings is 2. The van der Waals surface area contributed by atoms with Crippen LogP contribution in [0.4, 0.5) is 0 Å². The molecule has 0 N–H and O–H groups in total. The zero-order valence-electron chi connectivity index (χ0n) is 11.8. The number of ketones is 1. The van der Waals surface area contributed by atoms with Gasteiger partial charge in [0.2, 0.25) is 0 Å². The van der Waals surface area contributed by atoms with Crippen LogP contribution in [0.3, 0.4) is 0 Å². The van der Waals surface area contributed by atoms with E-state index in [-0.39, 0.29) is 12.4 Å². The highest BCUT2D eigenvalue weighted by molar-refractivity contribution is 5.79. The van der Waals surface area contributed by atoms with Gasteiger partial charge < -0.3 is 9.47 Å². The number of Topliss-reactive ketones (excluding diaryl/α,β-unsaturated/α-hetero) is 1. The second-order valence-electron chi connectivity index (χ2n) is 4.57. The lowest BCUT2D eigenvalue weighted by molar-refractivity contribution is -0.120. The molecule has 0 spiro atoms. The fourth-order valence-corrected chi connectivity index (χ4v) is 1.61. The molecule has 104 valence electrons. The number of hydrogen-bond donors (Lipinski definition) is 0. The monoisotopic (exact) mass is 270 g/mol. The molecule has 0 aromatic heterocycles. The lowest BCUT2D eigenvalue weighted by atomic mass is 10.2. The molecule has 0 atom stereocenters. The van der Waals surface area contributed by atoms with Crippen molar-refractivity contribution in [2.24, 2.45) is 0 Å². The second-order valence-corrected chi connectivity index (χ2v) is 4.57. The predicted octanol–water partition coefficient (Wildman–Crippen LogP) is 4.15. The Morgan fingerprint density at radius 2 is 1.40 bits per heavy atom. The van der Waals surface area contributed by atoms with Crippen LogP contribution in [0.5, 0.6) is 17.2 Å².